The lowest BCUT2D eigenvalue weighted by molar-refractivity contribution is 0.284. The molecular formula is C26H26N2O4S. The Kier molecular flexibility index (Phi) is 6.05. The average molecular weight is 463 g/mol. The van der Waals surface area contributed by atoms with E-state index in [1.54, 1.807) is 25.6 Å². The molecule has 2 aromatic heterocycles. The van der Waals surface area contributed by atoms with Gasteiger partial charge in [-0.2, -0.15) is 0 Å². The van der Waals surface area contributed by atoms with Gasteiger partial charge in [-0.1, -0.05) is 18.6 Å². The van der Waals surface area contributed by atoms with Crippen molar-refractivity contribution >= 4 is 21.6 Å². The van der Waals surface area contributed by atoms with E-state index < -0.39 is 0 Å². The van der Waals surface area contributed by atoms with Gasteiger partial charge in [-0.25, -0.2) is 4.98 Å². The van der Waals surface area contributed by atoms with Crippen molar-refractivity contribution < 1.29 is 14.2 Å². The van der Waals surface area contributed by atoms with Gasteiger partial charge < -0.3 is 19.2 Å². The van der Waals surface area contributed by atoms with Crippen LogP contribution in [0, 0.1) is 0 Å². The molecule has 2 heterocycles. The van der Waals surface area contributed by atoms with E-state index in [0.717, 1.165) is 46.4 Å². The molecule has 6 nitrogen and oxygen atoms in total. The van der Waals surface area contributed by atoms with Crippen LogP contribution in [0.1, 0.15) is 35.3 Å². The molecule has 33 heavy (non-hydrogen) atoms. The Morgan fingerprint density at radius 1 is 0.970 bits per heavy atom. The minimum Gasteiger partial charge on any atom is -0.497 e. The summed E-state index contributed by atoms with van der Waals surface area (Å²) in [6, 6.07) is 13.3. The maximum Gasteiger partial charge on any atom is 0.260 e. The van der Waals surface area contributed by atoms with Gasteiger partial charge in [0.15, 0.2) is 11.5 Å². The van der Waals surface area contributed by atoms with Gasteiger partial charge in [0, 0.05) is 10.4 Å². The van der Waals surface area contributed by atoms with Crippen molar-refractivity contribution in [1.82, 2.24) is 9.97 Å². The van der Waals surface area contributed by atoms with Gasteiger partial charge in [0.05, 0.1) is 19.6 Å². The number of hydrogen-bond donors (Lipinski definition) is 1. The Morgan fingerprint density at radius 3 is 2.58 bits per heavy atom. The summed E-state index contributed by atoms with van der Waals surface area (Å²) in [5.74, 6) is 2.57. The molecule has 0 amide bonds. The number of nitrogens with one attached hydrogen (secondary N) is 1. The monoisotopic (exact) mass is 462 g/mol. The van der Waals surface area contributed by atoms with Gasteiger partial charge in [-0.15, -0.1) is 11.3 Å². The van der Waals surface area contributed by atoms with Crippen LogP contribution >= 0.6 is 11.3 Å². The second-order valence-electron chi connectivity index (χ2n) is 8.16. The molecule has 170 valence electrons. The maximum absolute atomic E-state index is 13.0. The summed E-state index contributed by atoms with van der Waals surface area (Å²) < 4.78 is 16.7. The van der Waals surface area contributed by atoms with Gasteiger partial charge in [0.25, 0.3) is 5.56 Å². The van der Waals surface area contributed by atoms with Crippen LogP contribution in [0.2, 0.25) is 0 Å². The molecule has 0 unspecified atom stereocenters. The van der Waals surface area contributed by atoms with E-state index in [4.69, 9.17) is 19.2 Å². The lowest BCUT2D eigenvalue weighted by Crippen LogP contribution is -2.10. The van der Waals surface area contributed by atoms with E-state index in [0.29, 0.717) is 23.9 Å². The molecule has 1 aliphatic carbocycles. The number of aromatic amines is 1. The minimum absolute atomic E-state index is 0.0619. The average Bonchev–Trinajstić information content (AvgIpc) is 3.04. The SMILES string of the molecule is COc1ccc(COc2ccc(-c3nc4sc5c(c4c(=O)[nH]3)CCCCC5)cc2OC)cc1. The fourth-order valence-corrected chi connectivity index (χ4v) is 5.56. The Labute approximate surface area is 196 Å². The van der Waals surface area contributed by atoms with Crippen LogP contribution in [0.25, 0.3) is 21.6 Å². The van der Waals surface area contributed by atoms with E-state index in [9.17, 15) is 4.79 Å². The fourth-order valence-electron chi connectivity index (χ4n) is 4.29. The van der Waals surface area contributed by atoms with Crippen LogP contribution in [0.4, 0.5) is 0 Å². The van der Waals surface area contributed by atoms with Crippen molar-refractivity contribution in [3.05, 3.63) is 68.8 Å². The summed E-state index contributed by atoms with van der Waals surface area (Å²) in [5.41, 5.74) is 2.95. The highest BCUT2D eigenvalue weighted by atomic mass is 32.1. The summed E-state index contributed by atoms with van der Waals surface area (Å²) in [4.78, 5) is 22.9. The molecule has 0 spiro atoms. The predicted octanol–water partition coefficient (Wildman–Crippen LogP) is 5.52. The molecule has 2 aromatic carbocycles. The number of nitrogens with zero attached hydrogens (tertiary/aromatic N) is 1. The first kappa shape index (κ1) is 21.5. The van der Waals surface area contributed by atoms with Crippen molar-refractivity contribution in [3.8, 4) is 28.6 Å². The van der Waals surface area contributed by atoms with E-state index in [1.165, 1.54) is 23.3 Å². The minimum atomic E-state index is -0.0619. The third-order valence-electron chi connectivity index (χ3n) is 6.07. The van der Waals surface area contributed by atoms with Gasteiger partial charge >= 0.3 is 0 Å². The molecule has 1 N–H and O–H groups in total. The molecule has 0 atom stereocenters. The Balaban J connectivity index is 1.42. The van der Waals surface area contributed by atoms with Crippen molar-refractivity contribution in [2.24, 2.45) is 0 Å². The van der Waals surface area contributed by atoms with E-state index in [-0.39, 0.29) is 5.56 Å². The molecule has 1 aliphatic rings. The van der Waals surface area contributed by atoms with Crippen molar-refractivity contribution in [3.63, 3.8) is 0 Å². The third kappa shape index (κ3) is 4.33. The quantitative estimate of drug-likeness (QED) is 0.382. The first-order chi connectivity index (χ1) is 16.2. The van der Waals surface area contributed by atoms with E-state index >= 15 is 0 Å². The van der Waals surface area contributed by atoms with Gasteiger partial charge in [0.1, 0.15) is 23.0 Å². The molecule has 0 bridgehead atoms. The standard InChI is InChI=1S/C26H26N2O4S/c1-30-18-11-8-16(9-12-18)15-32-20-13-10-17(14-21(20)31-2)24-27-25(29)23-19-6-4-3-5-7-22(19)33-26(23)28-24/h8-14H,3-7,15H2,1-2H3,(H,27,28,29). The number of aromatic nitrogens is 2. The van der Waals surface area contributed by atoms with Crippen LogP contribution in [0.5, 0.6) is 17.2 Å². The topological polar surface area (TPSA) is 73.4 Å². The summed E-state index contributed by atoms with van der Waals surface area (Å²) in [7, 11) is 3.25. The maximum atomic E-state index is 13.0. The third-order valence-corrected chi connectivity index (χ3v) is 7.25. The van der Waals surface area contributed by atoms with Gasteiger partial charge in [0.2, 0.25) is 0 Å². The zero-order chi connectivity index (χ0) is 22.8. The molecule has 4 aromatic rings. The molecule has 0 saturated carbocycles. The molecule has 0 aliphatic heterocycles. The number of hydrogen-bond acceptors (Lipinski definition) is 6. The summed E-state index contributed by atoms with van der Waals surface area (Å²) in [6.45, 7) is 0.404. The van der Waals surface area contributed by atoms with Crippen LogP contribution in [-0.4, -0.2) is 24.2 Å². The fraction of sp³-hybridized carbons (Fsp3) is 0.308. The summed E-state index contributed by atoms with van der Waals surface area (Å²) in [6.07, 6.45) is 5.54. The second-order valence-corrected chi connectivity index (χ2v) is 9.25. The Bertz CT molecular complexity index is 1340. The molecule has 0 radical (unpaired) electrons. The number of H-pyrrole nitrogens is 1. The molecule has 0 saturated heterocycles. The van der Waals surface area contributed by atoms with Crippen LogP contribution in [-0.2, 0) is 19.4 Å². The number of methoxy groups -OCH3 is 2. The van der Waals surface area contributed by atoms with Crippen molar-refractivity contribution in [2.75, 3.05) is 14.2 Å². The van der Waals surface area contributed by atoms with Gasteiger partial charge in [-0.3, -0.25) is 4.79 Å². The number of thiophene rings is 1. The van der Waals surface area contributed by atoms with Crippen molar-refractivity contribution in [1.29, 1.82) is 0 Å². The molecule has 7 heteroatoms. The number of fused-ring (bicyclic) bond motifs is 3. The number of aryl methyl sites for hydroxylation is 2. The van der Waals surface area contributed by atoms with Crippen LogP contribution in [0.15, 0.2) is 47.3 Å². The van der Waals surface area contributed by atoms with E-state index in [2.05, 4.69) is 4.98 Å². The van der Waals surface area contributed by atoms with E-state index in [1.807, 2.05) is 42.5 Å². The lowest BCUT2D eigenvalue weighted by Gasteiger charge is -2.12. The lowest BCUT2D eigenvalue weighted by atomic mass is 10.1. The zero-order valence-electron chi connectivity index (χ0n) is 18.8. The normalized spacial score (nSPS) is 13.4. The summed E-state index contributed by atoms with van der Waals surface area (Å²) >= 11 is 1.66. The summed E-state index contributed by atoms with van der Waals surface area (Å²) in [5, 5.41) is 0.770. The largest absolute Gasteiger partial charge is 0.497 e. The van der Waals surface area contributed by atoms with Crippen LogP contribution in [0.3, 0.4) is 0 Å². The zero-order valence-corrected chi connectivity index (χ0v) is 19.6. The highest BCUT2D eigenvalue weighted by molar-refractivity contribution is 7.18. The first-order valence-electron chi connectivity index (χ1n) is 11.1. The van der Waals surface area contributed by atoms with Crippen LogP contribution < -0.4 is 19.8 Å². The first-order valence-corrected chi connectivity index (χ1v) is 12.0. The molecular weight excluding hydrogens is 436 g/mol. The van der Waals surface area contributed by atoms with Gasteiger partial charge in [-0.05, 0) is 67.1 Å². The number of rotatable bonds is 6. The predicted molar refractivity (Wildman–Crippen MR) is 131 cm³/mol. The Morgan fingerprint density at radius 2 is 1.79 bits per heavy atom. The molecule has 0 fully saturated rings. The molecule has 5 rings (SSSR count). The highest BCUT2D eigenvalue weighted by Gasteiger charge is 2.19. The Hall–Kier alpha value is -3.32. The second kappa shape index (κ2) is 9.27. The van der Waals surface area contributed by atoms with Crippen molar-refractivity contribution in [2.45, 2.75) is 38.7 Å². The number of benzene rings is 2. The number of ether oxygens (including phenoxy) is 3. The highest BCUT2D eigenvalue weighted by Crippen LogP contribution is 2.35. The smallest absolute Gasteiger partial charge is 0.260 e.